The van der Waals surface area contributed by atoms with Gasteiger partial charge in [0.2, 0.25) is 5.91 Å². The second-order valence-corrected chi connectivity index (χ2v) is 6.18. The van der Waals surface area contributed by atoms with Crippen molar-refractivity contribution in [2.24, 2.45) is 0 Å². The van der Waals surface area contributed by atoms with Crippen molar-refractivity contribution >= 4 is 17.8 Å². The van der Waals surface area contributed by atoms with Crippen molar-refractivity contribution in [3.8, 4) is 5.75 Å². The third kappa shape index (κ3) is 3.06. The summed E-state index contributed by atoms with van der Waals surface area (Å²) >= 11 is 0. The first kappa shape index (κ1) is 16.3. The second-order valence-electron chi connectivity index (χ2n) is 6.18. The van der Waals surface area contributed by atoms with Gasteiger partial charge in [-0.1, -0.05) is 18.2 Å². The van der Waals surface area contributed by atoms with Crippen molar-refractivity contribution < 1.29 is 19.1 Å². The van der Waals surface area contributed by atoms with Crippen LogP contribution in [-0.4, -0.2) is 48.5 Å². The molecule has 3 rings (SSSR count). The van der Waals surface area contributed by atoms with Gasteiger partial charge in [0, 0.05) is 19.5 Å². The molecule has 7 heteroatoms. The molecule has 1 aromatic rings. The third-order valence-corrected chi connectivity index (χ3v) is 4.78. The highest BCUT2D eigenvalue weighted by atomic mass is 16.5. The molecule has 0 unspecified atom stereocenters. The molecule has 24 heavy (non-hydrogen) atoms. The van der Waals surface area contributed by atoms with Gasteiger partial charge in [0.25, 0.3) is 5.91 Å². The lowest BCUT2D eigenvalue weighted by atomic mass is 9.87. The van der Waals surface area contributed by atoms with E-state index in [9.17, 15) is 14.4 Å². The van der Waals surface area contributed by atoms with Crippen LogP contribution < -0.4 is 15.4 Å². The topological polar surface area (TPSA) is 87.7 Å². The molecule has 2 aliphatic heterocycles. The summed E-state index contributed by atoms with van der Waals surface area (Å²) in [6.07, 6.45) is 1.91. The van der Waals surface area contributed by atoms with Crippen LogP contribution in [-0.2, 0) is 16.0 Å². The predicted octanol–water partition coefficient (Wildman–Crippen LogP) is 0.828. The molecule has 0 aliphatic carbocycles. The number of hydrogen-bond acceptors (Lipinski definition) is 4. The first-order valence-electron chi connectivity index (χ1n) is 8.07. The van der Waals surface area contributed by atoms with Crippen LogP contribution in [0.3, 0.4) is 0 Å². The number of para-hydroxylation sites is 1. The molecule has 0 aromatic heterocycles. The summed E-state index contributed by atoms with van der Waals surface area (Å²) in [5.41, 5.74) is 0.167. The predicted molar refractivity (Wildman–Crippen MR) is 86.5 cm³/mol. The summed E-state index contributed by atoms with van der Waals surface area (Å²) in [4.78, 5) is 37.4. The Hall–Kier alpha value is -2.57. The maximum atomic E-state index is 12.4. The summed E-state index contributed by atoms with van der Waals surface area (Å²) in [6.45, 7) is 0.941. The first-order valence-corrected chi connectivity index (χ1v) is 8.07. The number of methoxy groups -OCH3 is 1. The summed E-state index contributed by atoms with van der Waals surface area (Å²) in [6, 6.07) is 7.21. The van der Waals surface area contributed by atoms with Gasteiger partial charge in [0.1, 0.15) is 11.3 Å². The van der Waals surface area contributed by atoms with E-state index in [1.54, 1.807) is 12.0 Å². The van der Waals surface area contributed by atoms with Crippen LogP contribution in [0.4, 0.5) is 4.79 Å². The van der Waals surface area contributed by atoms with Crippen molar-refractivity contribution in [1.29, 1.82) is 0 Å². The Labute approximate surface area is 140 Å². The molecule has 2 fully saturated rings. The van der Waals surface area contributed by atoms with E-state index in [4.69, 9.17) is 4.74 Å². The molecule has 0 radical (unpaired) electrons. The van der Waals surface area contributed by atoms with Crippen LogP contribution >= 0.6 is 0 Å². The number of ether oxygens (including phenoxy) is 1. The summed E-state index contributed by atoms with van der Waals surface area (Å²) < 4.78 is 5.30. The third-order valence-electron chi connectivity index (χ3n) is 4.78. The van der Waals surface area contributed by atoms with Crippen molar-refractivity contribution in [3.05, 3.63) is 29.8 Å². The van der Waals surface area contributed by atoms with E-state index in [0.29, 0.717) is 38.8 Å². The standard InChI is InChI=1S/C17H21N3O4/c1-24-13-5-3-2-4-12(13)6-7-14(21)20-10-8-17(9-11-20)15(22)18-16(23)19-17/h2-5H,6-11H2,1H3,(H2,18,19,22,23). The zero-order valence-corrected chi connectivity index (χ0v) is 13.6. The second kappa shape index (κ2) is 6.51. The van der Waals surface area contributed by atoms with Crippen LogP contribution in [0.5, 0.6) is 5.75 Å². The van der Waals surface area contributed by atoms with E-state index in [-0.39, 0.29) is 11.8 Å². The van der Waals surface area contributed by atoms with E-state index >= 15 is 0 Å². The van der Waals surface area contributed by atoms with Crippen LogP contribution in [0.1, 0.15) is 24.8 Å². The van der Waals surface area contributed by atoms with Gasteiger partial charge in [-0.05, 0) is 30.9 Å². The Morgan fingerprint density at radius 1 is 1.25 bits per heavy atom. The monoisotopic (exact) mass is 331 g/mol. The van der Waals surface area contributed by atoms with Crippen LogP contribution in [0, 0.1) is 0 Å². The highest BCUT2D eigenvalue weighted by Crippen LogP contribution is 2.26. The molecular formula is C17H21N3O4. The van der Waals surface area contributed by atoms with Gasteiger partial charge < -0.3 is 15.0 Å². The first-order chi connectivity index (χ1) is 11.5. The molecule has 0 bridgehead atoms. The minimum Gasteiger partial charge on any atom is -0.496 e. The highest BCUT2D eigenvalue weighted by Gasteiger charge is 2.48. The average Bonchev–Trinajstić information content (AvgIpc) is 2.86. The lowest BCUT2D eigenvalue weighted by molar-refractivity contribution is -0.135. The van der Waals surface area contributed by atoms with Gasteiger partial charge in [0.15, 0.2) is 0 Å². The van der Waals surface area contributed by atoms with Gasteiger partial charge in [-0.15, -0.1) is 0 Å². The molecule has 2 aliphatic rings. The number of imide groups is 1. The molecule has 2 N–H and O–H groups in total. The number of piperidine rings is 1. The van der Waals surface area contributed by atoms with Crippen molar-refractivity contribution in [1.82, 2.24) is 15.5 Å². The summed E-state index contributed by atoms with van der Waals surface area (Å²) in [7, 11) is 1.62. The maximum Gasteiger partial charge on any atom is 0.322 e. The van der Waals surface area contributed by atoms with Crippen LogP contribution in [0.15, 0.2) is 24.3 Å². The van der Waals surface area contributed by atoms with Gasteiger partial charge in [-0.25, -0.2) is 4.79 Å². The number of carbonyl (C=O) groups is 3. The summed E-state index contributed by atoms with van der Waals surface area (Å²) in [5, 5.41) is 4.97. The fourth-order valence-electron chi connectivity index (χ4n) is 3.33. The number of nitrogens with one attached hydrogen (secondary N) is 2. The Kier molecular flexibility index (Phi) is 4.42. The zero-order valence-electron chi connectivity index (χ0n) is 13.6. The highest BCUT2D eigenvalue weighted by molar-refractivity contribution is 6.07. The smallest absolute Gasteiger partial charge is 0.322 e. The quantitative estimate of drug-likeness (QED) is 0.800. The van der Waals surface area contributed by atoms with Gasteiger partial charge in [0.05, 0.1) is 7.11 Å². The van der Waals surface area contributed by atoms with Crippen molar-refractivity contribution in [2.75, 3.05) is 20.2 Å². The van der Waals surface area contributed by atoms with Crippen molar-refractivity contribution in [3.63, 3.8) is 0 Å². The average molecular weight is 331 g/mol. The Bertz CT molecular complexity index is 666. The largest absolute Gasteiger partial charge is 0.496 e. The van der Waals surface area contributed by atoms with E-state index in [2.05, 4.69) is 10.6 Å². The maximum absolute atomic E-state index is 12.4. The van der Waals surface area contributed by atoms with E-state index in [1.807, 2.05) is 24.3 Å². The lowest BCUT2D eigenvalue weighted by Gasteiger charge is -2.37. The van der Waals surface area contributed by atoms with Gasteiger partial charge >= 0.3 is 6.03 Å². The number of amides is 4. The zero-order chi connectivity index (χ0) is 17.2. The van der Waals surface area contributed by atoms with Crippen molar-refractivity contribution in [2.45, 2.75) is 31.2 Å². The lowest BCUT2D eigenvalue weighted by Crippen LogP contribution is -2.55. The number of likely N-dealkylation sites (tertiary alicyclic amines) is 1. The van der Waals surface area contributed by atoms with Gasteiger partial charge in [-0.3, -0.25) is 14.9 Å². The SMILES string of the molecule is COc1ccccc1CCC(=O)N1CCC2(CC1)NC(=O)NC2=O. The molecule has 1 spiro atoms. The molecule has 0 saturated carbocycles. The molecular weight excluding hydrogens is 310 g/mol. The number of nitrogens with zero attached hydrogens (tertiary/aromatic N) is 1. The molecule has 128 valence electrons. The molecule has 4 amide bonds. The fourth-order valence-corrected chi connectivity index (χ4v) is 3.33. The van der Waals surface area contributed by atoms with Crippen LogP contribution in [0.2, 0.25) is 0 Å². The number of aryl methyl sites for hydroxylation is 1. The Morgan fingerprint density at radius 2 is 1.96 bits per heavy atom. The molecule has 2 saturated heterocycles. The number of urea groups is 1. The number of benzene rings is 1. The Morgan fingerprint density at radius 3 is 2.58 bits per heavy atom. The molecule has 2 heterocycles. The van der Waals surface area contributed by atoms with E-state index < -0.39 is 11.6 Å². The van der Waals surface area contributed by atoms with E-state index in [0.717, 1.165) is 11.3 Å². The number of hydrogen-bond donors (Lipinski definition) is 2. The van der Waals surface area contributed by atoms with Crippen LogP contribution in [0.25, 0.3) is 0 Å². The molecule has 7 nitrogen and oxygen atoms in total. The fraction of sp³-hybridized carbons (Fsp3) is 0.471. The Balaban J connectivity index is 1.54. The molecule has 1 aromatic carbocycles. The number of carbonyl (C=O) groups excluding carboxylic acids is 3. The number of rotatable bonds is 4. The normalized spacial score (nSPS) is 19.1. The summed E-state index contributed by atoms with van der Waals surface area (Å²) in [5.74, 6) is 0.558. The minimum absolute atomic E-state index is 0.0560. The molecule has 0 atom stereocenters. The van der Waals surface area contributed by atoms with Gasteiger partial charge in [-0.2, -0.15) is 0 Å². The van der Waals surface area contributed by atoms with E-state index in [1.165, 1.54) is 0 Å². The minimum atomic E-state index is -0.837.